The van der Waals surface area contributed by atoms with Crippen LogP contribution in [0.2, 0.25) is 0 Å². The standard InChI is InChI=1S/C16H19N3O2/c1-12-17-18-16(21-12)14-7-9-19(10-8-14)15(20)11-13-5-3-2-4-6-13/h2-6,14H,7-11H2,1H3. The van der Waals surface area contributed by atoms with Crippen LogP contribution in [0.1, 0.15) is 36.1 Å². The van der Waals surface area contributed by atoms with Crippen LogP contribution in [0.3, 0.4) is 0 Å². The molecule has 21 heavy (non-hydrogen) atoms. The molecule has 1 saturated heterocycles. The van der Waals surface area contributed by atoms with Crippen molar-refractivity contribution in [1.29, 1.82) is 0 Å². The Labute approximate surface area is 124 Å². The number of aromatic nitrogens is 2. The summed E-state index contributed by atoms with van der Waals surface area (Å²) < 4.78 is 5.49. The third-order valence-corrected chi connectivity index (χ3v) is 3.94. The summed E-state index contributed by atoms with van der Waals surface area (Å²) in [5.41, 5.74) is 1.07. The lowest BCUT2D eigenvalue weighted by Gasteiger charge is -2.30. The van der Waals surface area contributed by atoms with Crippen LogP contribution in [-0.2, 0) is 11.2 Å². The van der Waals surface area contributed by atoms with E-state index in [1.54, 1.807) is 6.92 Å². The maximum Gasteiger partial charge on any atom is 0.226 e. The largest absolute Gasteiger partial charge is 0.425 e. The SMILES string of the molecule is Cc1nnc(C2CCN(C(=O)Cc3ccccc3)CC2)o1. The molecule has 0 spiro atoms. The van der Waals surface area contributed by atoms with Gasteiger partial charge >= 0.3 is 0 Å². The van der Waals surface area contributed by atoms with Crippen molar-refractivity contribution in [2.24, 2.45) is 0 Å². The molecule has 1 aliphatic rings. The number of carbonyl (C=O) groups is 1. The zero-order valence-corrected chi connectivity index (χ0v) is 12.2. The van der Waals surface area contributed by atoms with Gasteiger partial charge in [-0.3, -0.25) is 4.79 Å². The fourth-order valence-corrected chi connectivity index (χ4v) is 2.73. The van der Waals surface area contributed by atoms with Gasteiger partial charge in [-0.05, 0) is 18.4 Å². The first kappa shape index (κ1) is 13.8. The molecular formula is C16H19N3O2. The van der Waals surface area contributed by atoms with Crippen LogP contribution in [0.25, 0.3) is 0 Å². The fourth-order valence-electron chi connectivity index (χ4n) is 2.73. The molecule has 110 valence electrons. The molecule has 5 heteroatoms. The summed E-state index contributed by atoms with van der Waals surface area (Å²) in [5, 5.41) is 7.96. The Bertz CT molecular complexity index is 601. The minimum absolute atomic E-state index is 0.196. The number of rotatable bonds is 3. The summed E-state index contributed by atoms with van der Waals surface area (Å²) in [4.78, 5) is 14.2. The normalized spacial score (nSPS) is 16.1. The number of carbonyl (C=O) groups excluding carboxylic acids is 1. The highest BCUT2D eigenvalue weighted by Gasteiger charge is 2.26. The lowest BCUT2D eigenvalue weighted by Crippen LogP contribution is -2.38. The molecule has 1 aliphatic heterocycles. The molecule has 0 radical (unpaired) electrons. The number of nitrogens with zero attached hydrogens (tertiary/aromatic N) is 3. The number of hydrogen-bond acceptors (Lipinski definition) is 4. The Morgan fingerprint density at radius 1 is 1.24 bits per heavy atom. The number of benzene rings is 1. The molecule has 1 aromatic heterocycles. The van der Waals surface area contributed by atoms with Gasteiger partial charge in [-0.2, -0.15) is 0 Å². The Balaban J connectivity index is 1.54. The van der Waals surface area contributed by atoms with Crippen molar-refractivity contribution >= 4 is 5.91 Å². The molecular weight excluding hydrogens is 266 g/mol. The summed E-state index contributed by atoms with van der Waals surface area (Å²) in [7, 11) is 0. The summed E-state index contributed by atoms with van der Waals surface area (Å²) in [6, 6.07) is 9.88. The van der Waals surface area contributed by atoms with Gasteiger partial charge in [0.15, 0.2) is 0 Å². The zero-order valence-electron chi connectivity index (χ0n) is 12.2. The van der Waals surface area contributed by atoms with Crippen molar-refractivity contribution in [2.75, 3.05) is 13.1 Å². The Morgan fingerprint density at radius 2 is 1.95 bits per heavy atom. The Kier molecular flexibility index (Phi) is 3.99. The van der Waals surface area contributed by atoms with Crippen molar-refractivity contribution in [3.63, 3.8) is 0 Å². The van der Waals surface area contributed by atoms with Crippen molar-refractivity contribution in [1.82, 2.24) is 15.1 Å². The van der Waals surface area contributed by atoms with Gasteiger partial charge in [0.25, 0.3) is 0 Å². The minimum Gasteiger partial charge on any atom is -0.425 e. The van der Waals surface area contributed by atoms with E-state index >= 15 is 0 Å². The third kappa shape index (κ3) is 3.29. The smallest absolute Gasteiger partial charge is 0.226 e. The molecule has 2 heterocycles. The summed E-state index contributed by atoms with van der Waals surface area (Å²) in [6.45, 7) is 3.32. The zero-order chi connectivity index (χ0) is 14.7. The fraction of sp³-hybridized carbons (Fsp3) is 0.438. The second-order valence-corrected chi connectivity index (χ2v) is 5.48. The van der Waals surface area contributed by atoms with Gasteiger partial charge in [0.1, 0.15) is 0 Å². The van der Waals surface area contributed by atoms with Crippen molar-refractivity contribution < 1.29 is 9.21 Å². The highest BCUT2D eigenvalue weighted by atomic mass is 16.4. The van der Waals surface area contributed by atoms with Crippen LogP contribution in [0, 0.1) is 6.92 Å². The van der Waals surface area contributed by atoms with Crippen molar-refractivity contribution in [3.05, 3.63) is 47.7 Å². The molecule has 0 N–H and O–H groups in total. The number of hydrogen-bond donors (Lipinski definition) is 0. The number of amides is 1. The van der Waals surface area contributed by atoms with Crippen LogP contribution in [0.4, 0.5) is 0 Å². The van der Waals surface area contributed by atoms with Crippen LogP contribution in [0.15, 0.2) is 34.7 Å². The highest BCUT2D eigenvalue weighted by molar-refractivity contribution is 5.78. The quantitative estimate of drug-likeness (QED) is 0.868. The van der Waals surface area contributed by atoms with E-state index in [2.05, 4.69) is 10.2 Å². The van der Waals surface area contributed by atoms with Gasteiger partial charge in [0, 0.05) is 25.9 Å². The lowest BCUT2D eigenvalue weighted by atomic mass is 9.96. The van der Waals surface area contributed by atoms with Crippen LogP contribution in [0.5, 0.6) is 0 Å². The van der Waals surface area contributed by atoms with Crippen LogP contribution >= 0.6 is 0 Å². The summed E-state index contributed by atoms with van der Waals surface area (Å²) in [5.74, 6) is 1.79. The molecule has 0 saturated carbocycles. The molecule has 0 aliphatic carbocycles. The highest BCUT2D eigenvalue weighted by Crippen LogP contribution is 2.27. The topological polar surface area (TPSA) is 59.2 Å². The molecule has 5 nitrogen and oxygen atoms in total. The second-order valence-electron chi connectivity index (χ2n) is 5.48. The van der Waals surface area contributed by atoms with Crippen LogP contribution in [-0.4, -0.2) is 34.1 Å². The van der Waals surface area contributed by atoms with Gasteiger partial charge in [-0.15, -0.1) is 10.2 Å². The predicted molar refractivity (Wildman–Crippen MR) is 77.7 cm³/mol. The monoisotopic (exact) mass is 285 g/mol. The molecule has 0 atom stereocenters. The van der Waals surface area contributed by atoms with E-state index in [4.69, 9.17) is 4.42 Å². The second kappa shape index (κ2) is 6.08. The Morgan fingerprint density at radius 3 is 2.57 bits per heavy atom. The minimum atomic E-state index is 0.196. The van der Waals surface area contributed by atoms with Gasteiger partial charge in [0.2, 0.25) is 17.7 Å². The van der Waals surface area contributed by atoms with E-state index in [0.29, 0.717) is 18.2 Å². The molecule has 0 unspecified atom stereocenters. The van der Waals surface area contributed by atoms with Crippen molar-refractivity contribution in [2.45, 2.75) is 32.1 Å². The average Bonchev–Trinajstić information content (AvgIpc) is 2.95. The molecule has 1 fully saturated rings. The first-order valence-corrected chi connectivity index (χ1v) is 7.34. The summed E-state index contributed by atoms with van der Waals surface area (Å²) in [6.07, 6.45) is 2.26. The molecule has 1 amide bonds. The first-order valence-electron chi connectivity index (χ1n) is 7.34. The van der Waals surface area contributed by atoms with Gasteiger partial charge in [0.05, 0.1) is 6.42 Å². The maximum absolute atomic E-state index is 12.3. The van der Waals surface area contributed by atoms with Gasteiger partial charge in [-0.25, -0.2) is 0 Å². The van der Waals surface area contributed by atoms with E-state index in [1.807, 2.05) is 35.2 Å². The first-order chi connectivity index (χ1) is 10.2. The van der Waals surface area contributed by atoms with Crippen LogP contribution < -0.4 is 0 Å². The maximum atomic E-state index is 12.3. The van der Waals surface area contributed by atoms with E-state index in [-0.39, 0.29) is 11.8 Å². The number of aryl methyl sites for hydroxylation is 1. The van der Waals surface area contributed by atoms with Gasteiger partial charge in [-0.1, -0.05) is 30.3 Å². The molecule has 3 rings (SSSR count). The third-order valence-electron chi connectivity index (χ3n) is 3.94. The molecule has 2 aromatic rings. The molecule has 0 bridgehead atoms. The Hall–Kier alpha value is -2.17. The van der Waals surface area contributed by atoms with E-state index in [9.17, 15) is 4.79 Å². The molecule has 1 aromatic carbocycles. The van der Waals surface area contributed by atoms with Gasteiger partial charge < -0.3 is 9.32 Å². The number of likely N-dealkylation sites (tertiary alicyclic amines) is 1. The van der Waals surface area contributed by atoms with E-state index < -0.39 is 0 Å². The number of piperidine rings is 1. The van der Waals surface area contributed by atoms with Crippen molar-refractivity contribution in [3.8, 4) is 0 Å². The van der Waals surface area contributed by atoms with E-state index in [0.717, 1.165) is 31.5 Å². The lowest BCUT2D eigenvalue weighted by molar-refractivity contribution is -0.131. The average molecular weight is 285 g/mol. The van der Waals surface area contributed by atoms with E-state index in [1.165, 1.54) is 0 Å². The predicted octanol–water partition coefficient (Wildman–Crippen LogP) is 2.33. The summed E-state index contributed by atoms with van der Waals surface area (Å²) >= 11 is 0.